The van der Waals surface area contributed by atoms with Crippen LogP contribution in [0.4, 0.5) is 0 Å². The predicted molar refractivity (Wildman–Crippen MR) is 67.5 cm³/mol. The van der Waals surface area contributed by atoms with Crippen LogP contribution in [0.1, 0.15) is 30.9 Å². The zero-order valence-electron chi connectivity index (χ0n) is 10.7. The summed E-state index contributed by atoms with van der Waals surface area (Å²) in [5, 5.41) is 10.1. The molecule has 0 spiro atoms. The van der Waals surface area contributed by atoms with E-state index >= 15 is 0 Å². The summed E-state index contributed by atoms with van der Waals surface area (Å²) in [7, 11) is 1.63. The van der Waals surface area contributed by atoms with Crippen molar-refractivity contribution in [3.63, 3.8) is 0 Å². The average Bonchev–Trinajstić information content (AvgIpc) is 2.46. The van der Waals surface area contributed by atoms with Crippen molar-refractivity contribution in [1.29, 1.82) is 0 Å². The Balaban J connectivity index is 1.80. The molecule has 2 rings (SSSR count). The second kappa shape index (κ2) is 6.73. The first-order valence-electron chi connectivity index (χ1n) is 6.35. The van der Waals surface area contributed by atoms with Crippen LogP contribution in [0.15, 0.2) is 24.3 Å². The molecule has 1 aliphatic rings. The van der Waals surface area contributed by atoms with Crippen LogP contribution in [0.3, 0.4) is 0 Å². The van der Waals surface area contributed by atoms with Crippen LogP contribution in [-0.4, -0.2) is 31.7 Å². The molecule has 4 heteroatoms. The van der Waals surface area contributed by atoms with Gasteiger partial charge in [0.15, 0.2) is 6.29 Å². The molecular weight excluding hydrogens is 232 g/mol. The molecule has 1 heterocycles. The van der Waals surface area contributed by atoms with Gasteiger partial charge in [-0.15, -0.1) is 0 Å². The van der Waals surface area contributed by atoms with E-state index in [0.29, 0.717) is 12.8 Å². The van der Waals surface area contributed by atoms with E-state index in [9.17, 15) is 5.11 Å². The number of rotatable bonds is 5. The van der Waals surface area contributed by atoms with Crippen molar-refractivity contribution in [1.82, 2.24) is 0 Å². The Morgan fingerprint density at radius 1 is 1.28 bits per heavy atom. The van der Waals surface area contributed by atoms with E-state index < -0.39 is 6.10 Å². The highest BCUT2D eigenvalue weighted by Gasteiger charge is 2.16. The van der Waals surface area contributed by atoms with Gasteiger partial charge in [0, 0.05) is 6.42 Å². The Kier molecular flexibility index (Phi) is 4.99. The summed E-state index contributed by atoms with van der Waals surface area (Å²) < 4.78 is 16.0. The fraction of sp³-hybridized carbons (Fsp3) is 0.571. The monoisotopic (exact) mass is 252 g/mol. The first kappa shape index (κ1) is 13.3. The van der Waals surface area contributed by atoms with Crippen LogP contribution in [0.2, 0.25) is 0 Å². The first-order chi connectivity index (χ1) is 8.79. The molecule has 0 bridgehead atoms. The van der Waals surface area contributed by atoms with Crippen molar-refractivity contribution >= 4 is 0 Å². The number of methoxy groups -OCH3 is 1. The van der Waals surface area contributed by atoms with Gasteiger partial charge in [-0.25, -0.2) is 0 Å². The van der Waals surface area contributed by atoms with Crippen LogP contribution >= 0.6 is 0 Å². The predicted octanol–water partition coefficient (Wildman–Crippen LogP) is 2.27. The number of benzene rings is 1. The summed E-state index contributed by atoms with van der Waals surface area (Å²) in [6.07, 6.45) is 1.67. The summed E-state index contributed by atoms with van der Waals surface area (Å²) in [5.74, 6) is 0.796. The van der Waals surface area contributed by atoms with E-state index in [1.54, 1.807) is 7.11 Å². The van der Waals surface area contributed by atoms with E-state index in [1.807, 2.05) is 24.3 Å². The average molecular weight is 252 g/mol. The Hall–Kier alpha value is -1.10. The molecule has 1 aromatic carbocycles. The van der Waals surface area contributed by atoms with Crippen molar-refractivity contribution < 1.29 is 19.3 Å². The molecule has 100 valence electrons. The van der Waals surface area contributed by atoms with E-state index in [-0.39, 0.29) is 6.29 Å². The zero-order chi connectivity index (χ0) is 12.8. The van der Waals surface area contributed by atoms with E-state index in [0.717, 1.165) is 30.9 Å². The van der Waals surface area contributed by atoms with Crippen molar-refractivity contribution in [3.8, 4) is 5.75 Å². The Morgan fingerprint density at radius 2 is 1.94 bits per heavy atom. The van der Waals surface area contributed by atoms with Gasteiger partial charge in [-0.05, 0) is 30.5 Å². The second-order valence-corrected chi connectivity index (χ2v) is 4.39. The van der Waals surface area contributed by atoms with Gasteiger partial charge in [-0.2, -0.15) is 0 Å². The highest BCUT2D eigenvalue weighted by Crippen LogP contribution is 2.23. The molecule has 0 aliphatic carbocycles. The Morgan fingerprint density at radius 3 is 2.56 bits per heavy atom. The maximum atomic E-state index is 10.1. The number of aliphatic hydroxyl groups excluding tert-OH is 1. The molecule has 1 fully saturated rings. The topological polar surface area (TPSA) is 47.9 Å². The van der Waals surface area contributed by atoms with Crippen molar-refractivity contribution in [2.75, 3.05) is 20.3 Å². The van der Waals surface area contributed by atoms with Crippen molar-refractivity contribution in [2.24, 2.45) is 0 Å². The summed E-state index contributed by atoms with van der Waals surface area (Å²) in [6.45, 7) is 1.51. The molecule has 0 amide bonds. The summed E-state index contributed by atoms with van der Waals surface area (Å²) in [5.41, 5.74) is 0.895. The summed E-state index contributed by atoms with van der Waals surface area (Å²) >= 11 is 0. The lowest BCUT2D eigenvalue weighted by Gasteiger charge is -2.24. The quantitative estimate of drug-likeness (QED) is 0.873. The number of hydrogen-bond donors (Lipinski definition) is 1. The van der Waals surface area contributed by atoms with Crippen LogP contribution in [-0.2, 0) is 9.47 Å². The van der Waals surface area contributed by atoms with E-state index in [4.69, 9.17) is 14.2 Å². The summed E-state index contributed by atoms with van der Waals surface area (Å²) in [4.78, 5) is 0. The minimum Gasteiger partial charge on any atom is -0.497 e. The molecular formula is C14H20O4. The lowest BCUT2D eigenvalue weighted by molar-refractivity contribution is -0.183. The lowest BCUT2D eigenvalue weighted by atomic mass is 10.0. The van der Waals surface area contributed by atoms with Crippen LogP contribution in [0, 0.1) is 0 Å². The highest BCUT2D eigenvalue weighted by atomic mass is 16.7. The van der Waals surface area contributed by atoms with Crippen LogP contribution in [0.5, 0.6) is 5.75 Å². The second-order valence-electron chi connectivity index (χ2n) is 4.39. The molecule has 0 radical (unpaired) electrons. The standard InChI is InChI=1S/C14H20O4/c1-16-12-5-3-11(4-6-12)13(15)7-8-14-17-9-2-10-18-14/h3-6,13-15H,2,7-10H2,1H3. The lowest BCUT2D eigenvalue weighted by Crippen LogP contribution is -2.25. The molecule has 18 heavy (non-hydrogen) atoms. The molecule has 1 unspecified atom stereocenters. The number of hydrogen-bond acceptors (Lipinski definition) is 4. The minimum atomic E-state index is -0.481. The maximum Gasteiger partial charge on any atom is 0.157 e. The van der Waals surface area contributed by atoms with Gasteiger partial charge < -0.3 is 19.3 Å². The molecule has 1 atom stereocenters. The largest absolute Gasteiger partial charge is 0.497 e. The number of ether oxygens (including phenoxy) is 3. The molecule has 1 aromatic rings. The van der Waals surface area contributed by atoms with Crippen LogP contribution < -0.4 is 4.74 Å². The van der Waals surface area contributed by atoms with Crippen LogP contribution in [0.25, 0.3) is 0 Å². The highest BCUT2D eigenvalue weighted by molar-refractivity contribution is 5.28. The first-order valence-corrected chi connectivity index (χ1v) is 6.35. The smallest absolute Gasteiger partial charge is 0.157 e. The van der Waals surface area contributed by atoms with Gasteiger partial charge in [0.2, 0.25) is 0 Å². The summed E-state index contributed by atoms with van der Waals surface area (Å²) in [6, 6.07) is 7.47. The zero-order valence-corrected chi connectivity index (χ0v) is 10.7. The normalized spacial score (nSPS) is 18.6. The third-order valence-electron chi connectivity index (χ3n) is 3.07. The molecule has 1 saturated heterocycles. The molecule has 0 aromatic heterocycles. The molecule has 0 saturated carbocycles. The fourth-order valence-electron chi connectivity index (χ4n) is 1.99. The fourth-order valence-corrected chi connectivity index (χ4v) is 1.99. The van der Waals surface area contributed by atoms with Gasteiger partial charge >= 0.3 is 0 Å². The molecule has 1 N–H and O–H groups in total. The van der Waals surface area contributed by atoms with Gasteiger partial charge in [0.25, 0.3) is 0 Å². The third-order valence-corrected chi connectivity index (χ3v) is 3.07. The molecule has 4 nitrogen and oxygen atoms in total. The Labute approximate surface area is 107 Å². The van der Waals surface area contributed by atoms with Gasteiger partial charge in [0.1, 0.15) is 5.75 Å². The van der Waals surface area contributed by atoms with Gasteiger partial charge in [-0.1, -0.05) is 12.1 Å². The third kappa shape index (κ3) is 3.70. The van der Waals surface area contributed by atoms with E-state index in [2.05, 4.69) is 0 Å². The maximum absolute atomic E-state index is 10.1. The Bertz CT molecular complexity index is 343. The van der Waals surface area contributed by atoms with Crippen molar-refractivity contribution in [3.05, 3.63) is 29.8 Å². The SMILES string of the molecule is COc1ccc(C(O)CCC2OCCCO2)cc1. The minimum absolute atomic E-state index is 0.161. The van der Waals surface area contributed by atoms with Crippen molar-refractivity contribution in [2.45, 2.75) is 31.7 Å². The molecule has 1 aliphatic heterocycles. The van der Waals surface area contributed by atoms with Gasteiger partial charge in [0.05, 0.1) is 26.4 Å². The van der Waals surface area contributed by atoms with Gasteiger partial charge in [-0.3, -0.25) is 0 Å². The van der Waals surface area contributed by atoms with E-state index in [1.165, 1.54) is 0 Å². The number of aliphatic hydroxyl groups is 1.